The summed E-state index contributed by atoms with van der Waals surface area (Å²) in [5, 5.41) is 2.83. The molecule has 1 N–H and O–H groups in total. The van der Waals surface area contributed by atoms with Crippen LogP contribution in [0, 0.1) is 0 Å². The van der Waals surface area contributed by atoms with Crippen molar-refractivity contribution in [3.63, 3.8) is 0 Å². The predicted octanol–water partition coefficient (Wildman–Crippen LogP) is 1.08. The topological polar surface area (TPSA) is 64.2 Å². The Hall–Kier alpha value is -2.30. The summed E-state index contributed by atoms with van der Waals surface area (Å²) in [7, 11) is 1.36. The summed E-state index contributed by atoms with van der Waals surface area (Å²) in [6.07, 6.45) is 0. The second kappa shape index (κ2) is 4.06. The second-order valence-corrected chi connectivity index (χ2v) is 3.26. The van der Waals surface area contributed by atoms with Crippen LogP contribution in [0.2, 0.25) is 0 Å². The minimum absolute atomic E-state index is 0.138. The lowest BCUT2D eigenvalue weighted by Crippen LogP contribution is -2.29. The molecule has 0 unspecified atom stereocenters. The van der Waals surface area contributed by atoms with Crippen molar-refractivity contribution in [2.24, 2.45) is 7.05 Å². The van der Waals surface area contributed by atoms with E-state index >= 15 is 0 Å². The molecule has 82 valence electrons. The molecule has 0 fully saturated rings. The Bertz CT molecular complexity index is 567. The van der Waals surface area contributed by atoms with E-state index in [1.165, 1.54) is 13.1 Å². The monoisotopic (exact) mass is 218 g/mol. The zero-order chi connectivity index (χ0) is 11.5. The van der Waals surface area contributed by atoms with Gasteiger partial charge >= 0.3 is 5.76 Å². The van der Waals surface area contributed by atoms with Crippen LogP contribution in [0.4, 0.5) is 11.6 Å². The summed E-state index contributed by atoms with van der Waals surface area (Å²) in [4.78, 5) is 22.5. The smallest absolute Gasteiger partial charge is 0.393 e. The van der Waals surface area contributed by atoms with E-state index in [0.29, 0.717) is 0 Å². The molecule has 1 heterocycles. The molecule has 5 nitrogen and oxygen atoms in total. The number of benzene rings is 1. The molecule has 0 amide bonds. The van der Waals surface area contributed by atoms with E-state index in [9.17, 15) is 9.59 Å². The second-order valence-electron chi connectivity index (χ2n) is 3.26. The Morgan fingerprint density at radius 3 is 2.50 bits per heavy atom. The number of hydrogen-bond donors (Lipinski definition) is 1. The number of rotatable bonds is 2. The SMILES string of the molecule is Cn1c(=O)cc(Nc2ccccc2)oc1=O. The normalized spacial score (nSPS) is 10.1. The number of para-hydroxylation sites is 1. The van der Waals surface area contributed by atoms with Crippen molar-refractivity contribution in [1.82, 2.24) is 4.57 Å². The fraction of sp³-hybridized carbons (Fsp3) is 0.0909. The number of nitrogens with one attached hydrogen (secondary N) is 1. The van der Waals surface area contributed by atoms with Crippen LogP contribution >= 0.6 is 0 Å². The van der Waals surface area contributed by atoms with Crippen LogP contribution in [-0.2, 0) is 7.05 Å². The van der Waals surface area contributed by atoms with Gasteiger partial charge in [-0.25, -0.2) is 9.36 Å². The molecule has 2 aromatic rings. The molecule has 0 radical (unpaired) electrons. The third-order valence-corrected chi connectivity index (χ3v) is 2.10. The number of nitrogens with zero attached hydrogens (tertiary/aromatic N) is 1. The number of aromatic nitrogens is 1. The van der Waals surface area contributed by atoms with Crippen LogP contribution in [0.1, 0.15) is 0 Å². The summed E-state index contributed by atoms with van der Waals surface area (Å²) in [6, 6.07) is 10.4. The third-order valence-electron chi connectivity index (χ3n) is 2.10. The molecule has 5 heteroatoms. The van der Waals surface area contributed by atoms with Crippen LogP contribution < -0.4 is 16.6 Å². The predicted molar refractivity (Wildman–Crippen MR) is 59.9 cm³/mol. The van der Waals surface area contributed by atoms with Gasteiger partial charge in [0, 0.05) is 12.7 Å². The maximum Gasteiger partial charge on any atom is 0.423 e. The van der Waals surface area contributed by atoms with E-state index in [1.54, 1.807) is 12.1 Å². The van der Waals surface area contributed by atoms with Crippen LogP contribution in [0.15, 0.2) is 50.4 Å². The molecule has 0 saturated carbocycles. The molecule has 0 bridgehead atoms. The highest BCUT2D eigenvalue weighted by atomic mass is 16.4. The highest BCUT2D eigenvalue weighted by Gasteiger charge is 2.02. The lowest BCUT2D eigenvalue weighted by atomic mass is 10.3. The van der Waals surface area contributed by atoms with Crippen molar-refractivity contribution in [2.45, 2.75) is 0 Å². The van der Waals surface area contributed by atoms with Crippen LogP contribution in [0.25, 0.3) is 0 Å². The molecule has 1 aromatic heterocycles. The standard InChI is InChI=1S/C11H10N2O3/c1-13-10(14)7-9(16-11(13)15)12-8-5-3-2-4-6-8/h2-7,12H,1H3. The summed E-state index contributed by atoms with van der Waals surface area (Å²) in [5.41, 5.74) is 0.341. The van der Waals surface area contributed by atoms with Crippen molar-refractivity contribution in [3.8, 4) is 0 Å². The van der Waals surface area contributed by atoms with Crippen molar-refractivity contribution in [3.05, 3.63) is 57.3 Å². The van der Waals surface area contributed by atoms with Gasteiger partial charge < -0.3 is 9.73 Å². The average molecular weight is 218 g/mol. The van der Waals surface area contributed by atoms with Crippen LogP contribution in [0.5, 0.6) is 0 Å². The van der Waals surface area contributed by atoms with Gasteiger partial charge in [0.15, 0.2) is 0 Å². The first-order valence-electron chi connectivity index (χ1n) is 4.70. The lowest BCUT2D eigenvalue weighted by molar-refractivity contribution is 0.457. The molecule has 0 saturated heterocycles. The van der Waals surface area contributed by atoms with Crippen molar-refractivity contribution < 1.29 is 4.42 Å². The highest BCUT2D eigenvalue weighted by molar-refractivity contribution is 5.53. The van der Waals surface area contributed by atoms with Gasteiger partial charge in [0.05, 0.1) is 6.07 Å². The van der Waals surface area contributed by atoms with E-state index in [-0.39, 0.29) is 5.88 Å². The summed E-state index contributed by atoms with van der Waals surface area (Å²) >= 11 is 0. The van der Waals surface area contributed by atoms with Gasteiger partial charge in [-0.3, -0.25) is 4.79 Å². The van der Waals surface area contributed by atoms with Crippen LogP contribution in [-0.4, -0.2) is 4.57 Å². The van der Waals surface area contributed by atoms with Gasteiger partial charge in [0.25, 0.3) is 5.56 Å². The Labute approximate surface area is 91.0 Å². The Morgan fingerprint density at radius 1 is 1.19 bits per heavy atom. The van der Waals surface area contributed by atoms with Gasteiger partial charge in [-0.05, 0) is 12.1 Å². The van der Waals surface area contributed by atoms with E-state index in [1.807, 2.05) is 18.2 Å². The molecular formula is C11H10N2O3. The first-order valence-corrected chi connectivity index (χ1v) is 4.70. The highest BCUT2D eigenvalue weighted by Crippen LogP contribution is 2.12. The van der Waals surface area contributed by atoms with E-state index in [0.717, 1.165) is 10.3 Å². The molecular weight excluding hydrogens is 208 g/mol. The fourth-order valence-electron chi connectivity index (χ4n) is 1.22. The lowest BCUT2D eigenvalue weighted by Gasteiger charge is -2.04. The zero-order valence-electron chi connectivity index (χ0n) is 8.64. The van der Waals surface area contributed by atoms with Gasteiger partial charge in [0.2, 0.25) is 5.88 Å². The largest absolute Gasteiger partial charge is 0.423 e. The van der Waals surface area contributed by atoms with Gasteiger partial charge in [-0.2, -0.15) is 0 Å². The fourth-order valence-corrected chi connectivity index (χ4v) is 1.22. The van der Waals surface area contributed by atoms with E-state index in [4.69, 9.17) is 4.42 Å². The Kier molecular flexibility index (Phi) is 2.59. The first-order chi connectivity index (χ1) is 7.66. The molecule has 0 spiro atoms. The zero-order valence-corrected chi connectivity index (χ0v) is 8.64. The first kappa shape index (κ1) is 10.2. The number of hydrogen-bond acceptors (Lipinski definition) is 4. The quantitative estimate of drug-likeness (QED) is 0.819. The van der Waals surface area contributed by atoms with Crippen molar-refractivity contribution in [2.75, 3.05) is 5.32 Å². The molecule has 1 aromatic carbocycles. The van der Waals surface area contributed by atoms with Crippen molar-refractivity contribution in [1.29, 1.82) is 0 Å². The van der Waals surface area contributed by atoms with Gasteiger partial charge in [0.1, 0.15) is 0 Å². The summed E-state index contributed by atoms with van der Waals surface area (Å²) < 4.78 is 5.79. The van der Waals surface area contributed by atoms with Crippen LogP contribution in [0.3, 0.4) is 0 Å². The Balaban J connectivity index is 2.37. The van der Waals surface area contributed by atoms with Crippen molar-refractivity contribution >= 4 is 11.6 Å². The Morgan fingerprint density at radius 2 is 1.88 bits per heavy atom. The van der Waals surface area contributed by atoms with Gasteiger partial charge in [-0.15, -0.1) is 0 Å². The van der Waals surface area contributed by atoms with Gasteiger partial charge in [-0.1, -0.05) is 18.2 Å². The van der Waals surface area contributed by atoms with E-state index in [2.05, 4.69) is 5.32 Å². The summed E-state index contributed by atoms with van der Waals surface area (Å²) in [5.74, 6) is -0.551. The molecule has 0 aliphatic rings. The summed E-state index contributed by atoms with van der Waals surface area (Å²) in [6.45, 7) is 0. The van der Waals surface area contributed by atoms with E-state index < -0.39 is 11.3 Å². The number of anilines is 2. The molecule has 16 heavy (non-hydrogen) atoms. The average Bonchev–Trinajstić information content (AvgIpc) is 2.27. The minimum atomic E-state index is -0.689. The minimum Gasteiger partial charge on any atom is -0.393 e. The third kappa shape index (κ3) is 2.03. The molecule has 0 aliphatic carbocycles. The maximum atomic E-state index is 11.3. The molecule has 0 aliphatic heterocycles. The maximum absolute atomic E-state index is 11.3. The molecule has 0 atom stereocenters. The molecule has 2 rings (SSSR count).